The number of anilines is 1. The van der Waals surface area contributed by atoms with Crippen molar-refractivity contribution in [1.29, 1.82) is 0 Å². The number of nitrogens with zero attached hydrogens (tertiary/aromatic N) is 3. The fourth-order valence-electron chi connectivity index (χ4n) is 3.37. The first-order valence-electron chi connectivity index (χ1n) is 6.96. The van der Waals surface area contributed by atoms with Crippen LogP contribution < -0.4 is 4.90 Å². The van der Waals surface area contributed by atoms with Crippen LogP contribution in [0.1, 0.15) is 42.6 Å². The topological polar surface area (TPSA) is 55.3 Å². The van der Waals surface area contributed by atoms with Crippen LogP contribution in [0.5, 0.6) is 0 Å². The van der Waals surface area contributed by atoms with Crippen LogP contribution in [0.25, 0.3) is 0 Å². The third kappa shape index (κ3) is 2.29. The Balaban J connectivity index is 1.77. The van der Waals surface area contributed by atoms with Gasteiger partial charge >= 0.3 is 5.97 Å². The molecule has 2 aliphatic rings. The number of rotatable bonds is 2. The van der Waals surface area contributed by atoms with Crippen LogP contribution >= 0.6 is 0 Å². The summed E-state index contributed by atoms with van der Waals surface area (Å²) in [6.07, 6.45) is 9.74. The average Bonchev–Trinajstić information content (AvgIpc) is 2.90. The summed E-state index contributed by atoms with van der Waals surface area (Å²) in [5.41, 5.74) is 0.269. The zero-order valence-electron chi connectivity index (χ0n) is 11.2. The van der Waals surface area contributed by atoms with E-state index in [4.69, 9.17) is 0 Å². The Labute approximate surface area is 113 Å². The lowest BCUT2D eigenvalue weighted by atomic mass is 9.85. The van der Waals surface area contributed by atoms with Gasteiger partial charge in [0, 0.05) is 12.6 Å². The van der Waals surface area contributed by atoms with Crippen molar-refractivity contribution in [3.63, 3.8) is 0 Å². The van der Waals surface area contributed by atoms with Crippen molar-refractivity contribution in [2.75, 3.05) is 18.6 Å². The van der Waals surface area contributed by atoms with Crippen molar-refractivity contribution in [3.05, 3.63) is 18.1 Å². The van der Waals surface area contributed by atoms with Gasteiger partial charge in [-0.3, -0.25) is 0 Å². The molecule has 2 heterocycles. The lowest BCUT2D eigenvalue weighted by Crippen LogP contribution is -2.35. The molecule has 0 bridgehead atoms. The number of hydrogen-bond acceptors (Lipinski definition) is 5. The maximum absolute atomic E-state index is 11.3. The molecule has 1 aliphatic carbocycles. The molecule has 3 rings (SSSR count). The molecule has 2 unspecified atom stereocenters. The number of esters is 1. The number of carbonyl (C=O) groups excluding carboxylic acids is 1. The number of fused-ring (bicyclic) bond motifs is 1. The second-order valence-corrected chi connectivity index (χ2v) is 5.35. The van der Waals surface area contributed by atoms with Gasteiger partial charge in [0.2, 0.25) is 0 Å². The number of methoxy groups -OCH3 is 1. The van der Waals surface area contributed by atoms with Crippen LogP contribution in [0.3, 0.4) is 0 Å². The van der Waals surface area contributed by atoms with Gasteiger partial charge in [-0.1, -0.05) is 12.8 Å². The number of ether oxygens (including phenoxy) is 1. The quantitative estimate of drug-likeness (QED) is 0.762. The maximum Gasteiger partial charge on any atom is 0.358 e. The van der Waals surface area contributed by atoms with E-state index in [1.165, 1.54) is 45.4 Å². The molecule has 5 heteroatoms. The SMILES string of the molecule is COC(=O)c1cnc(N2CCC3CCCCC32)cn1. The Morgan fingerprint density at radius 1 is 1.26 bits per heavy atom. The maximum atomic E-state index is 11.3. The number of aromatic nitrogens is 2. The largest absolute Gasteiger partial charge is 0.464 e. The minimum Gasteiger partial charge on any atom is -0.464 e. The molecule has 2 fully saturated rings. The molecule has 0 aromatic carbocycles. The van der Waals surface area contributed by atoms with E-state index >= 15 is 0 Å². The molecule has 2 atom stereocenters. The van der Waals surface area contributed by atoms with Gasteiger partial charge in [0.1, 0.15) is 5.82 Å². The molecule has 1 saturated heterocycles. The highest BCUT2D eigenvalue weighted by atomic mass is 16.5. The molecule has 0 spiro atoms. The number of carbonyl (C=O) groups is 1. The monoisotopic (exact) mass is 261 g/mol. The highest BCUT2D eigenvalue weighted by Gasteiger charge is 2.36. The van der Waals surface area contributed by atoms with Gasteiger partial charge in [0.15, 0.2) is 5.69 Å². The molecule has 0 amide bonds. The van der Waals surface area contributed by atoms with Crippen LogP contribution in [0.15, 0.2) is 12.4 Å². The van der Waals surface area contributed by atoms with E-state index in [-0.39, 0.29) is 5.69 Å². The highest BCUT2D eigenvalue weighted by Crippen LogP contribution is 2.37. The molecule has 1 aromatic rings. The number of hydrogen-bond donors (Lipinski definition) is 0. The molecule has 0 radical (unpaired) electrons. The Hall–Kier alpha value is -1.65. The molecular weight excluding hydrogens is 242 g/mol. The Bertz CT molecular complexity index is 460. The summed E-state index contributed by atoms with van der Waals surface area (Å²) in [5, 5.41) is 0. The van der Waals surface area contributed by atoms with Gasteiger partial charge in [-0.05, 0) is 25.2 Å². The standard InChI is InChI=1S/C14H19N3O2/c1-19-14(18)11-8-16-13(9-15-11)17-7-6-10-4-2-3-5-12(10)17/h8-10,12H,2-7H2,1H3. The summed E-state index contributed by atoms with van der Waals surface area (Å²) >= 11 is 0. The Morgan fingerprint density at radius 3 is 2.84 bits per heavy atom. The second-order valence-electron chi connectivity index (χ2n) is 5.35. The molecule has 5 nitrogen and oxygen atoms in total. The first kappa shape index (κ1) is 12.4. The molecule has 0 N–H and O–H groups in total. The normalized spacial score (nSPS) is 26.1. The van der Waals surface area contributed by atoms with Crippen LogP contribution in [-0.2, 0) is 4.74 Å². The van der Waals surface area contributed by atoms with Crippen molar-refractivity contribution >= 4 is 11.8 Å². The summed E-state index contributed by atoms with van der Waals surface area (Å²) in [6.45, 7) is 1.06. The van der Waals surface area contributed by atoms with Crippen molar-refractivity contribution < 1.29 is 9.53 Å². The van der Waals surface area contributed by atoms with E-state index in [1.54, 1.807) is 6.20 Å². The van der Waals surface area contributed by atoms with Crippen molar-refractivity contribution in [2.45, 2.75) is 38.1 Å². The molecule has 1 saturated carbocycles. The van der Waals surface area contributed by atoms with Crippen LogP contribution in [0, 0.1) is 5.92 Å². The van der Waals surface area contributed by atoms with Crippen molar-refractivity contribution in [3.8, 4) is 0 Å². The van der Waals surface area contributed by atoms with Gasteiger partial charge in [-0.25, -0.2) is 14.8 Å². The summed E-state index contributed by atoms with van der Waals surface area (Å²) < 4.78 is 4.63. The molecule has 1 aliphatic heterocycles. The average molecular weight is 261 g/mol. The second kappa shape index (κ2) is 5.15. The fraction of sp³-hybridized carbons (Fsp3) is 0.643. The van der Waals surface area contributed by atoms with Crippen LogP contribution in [-0.4, -0.2) is 35.6 Å². The molecule has 1 aromatic heterocycles. The first-order chi connectivity index (χ1) is 9.29. The van der Waals surface area contributed by atoms with Crippen LogP contribution in [0.4, 0.5) is 5.82 Å². The zero-order chi connectivity index (χ0) is 13.2. The van der Waals surface area contributed by atoms with E-state index in [2.05, 4.69) is 19.6 Å². The summed E-state index contributed by atoms with van der Waals surface area (Å²) in [6, 6.07) is 0.618. The zero-order valence-corrected chi connectivity index (χ0v) is 11.2. The van der Waals surface area contributed by atoms with E-state index in [1.807, 2.05) is 0 Å². The Kier molecular flexibility index (Phi) is 3.36. The predicted octanol–water partition coefficient (Wildman–Crippen LogP) is 2.03. The highest BCUT2D eigenvalue weighted by molar-refractivity contribution is 5.86. The Morgan fingerprint density at radius 2 is 2.11 bits per heavy atom. The summed E-state index contributed by atoms with van der Waals surface area (Å²) in [7, 11) is 1.35. The fourth-order valence-corrected chi connectivity index (χ4v) is 3.37. The van der Waals surface area contributed by atoms with Gasteiger partial charge in [-0.15, -0.1) is 0 Å². The van der Waals surface area contributed by atoms with E-state index in [9.17, 15) is 4.79 Å². The predicted molar refractivity (Wildman–Crippen MR) is 71.1 cm³/mol. The molecule has 19 heavy (non-hydrogen) atoms. The lowest BCUT2D eigenvalue weighted by molar-refractivity contribution is 0.0593. The smallest absolute Gasteiger partial charge is 0.358 e. The van der Waals surface area contributed by atoms with E-state index in [0.29, 0.717) is 6.04 Å². The minimum atomic E-state index is -0.434. The van der Waals surface area contributed by atoms with Gasteiger partial charge < -0.3 is 9.64 Å². The molecular formula is C14H19N3O2. The van der Waals surface area contributed by atoms with Gasteiger partial charge in [-0.2, -0.15) is 0 Å². The van der Waals surface area contributed by atoms with Crippen molar-refractivity contribution in [2.24, 2.45) is 5.92 Å². The summed E-state index contributed by atoms with van der Waals surface area (Å²) in [4.78, 5) is 22.2. The van der Waals surface area contributed by atoms with Gasteiger partial charge in [0.05, 0.1) is 19.5 Å². The summed E-state index contributed by atoms with van der Waals surface area (Å²) in [5.74, 6) is 1.27. The molecule has 102 valence electrons. The third-order valence-electron chi connectivity index (χ3n) is 4.34. The lowest BCUT2D eigenvalue weighted by Gasteiger charge is -2.32. The first-order valence-corrected chi connectivity index (χ1v) is 6.96. The van der Waals surface area contributed by atoms with Gasteiger partial charge in [0.25, 0.3) is 0 Å². The third-order valence-corrected chi connectivity index (χ3v) is 4.34. The van der Waals surface area contributed by atoms with Crippen molar-refractivity contribution in [1.82, 2.24) is 9.97 Å². The van der Waals surface area contributed by atoms with Crippen LogP contribution in [0.2, 0.25) is 0 Å². The minimum absolute atomic E-state index is 0.269. The van der Waals surface area contributed by atoms with E-state index < -0.39 is 5.97 Å². The van der Waals surface area contributed by atoms with E-state index in [0.717, 1.165) is 18.3 Å².